The minimum absolute atomic E-state index is 0.00693. The molecule has 0 aliphatic rings. The molecular weight excluding hydrogens is 405 g/mol. The molecule has 0 amide bonds. The topological polar surface area (TPSA) is 87.8 Å². The van der Waals surface area contributed by atoms with Gasteiger partial charge in [0.05, 0.1) is 34.3 Å². The largest absolute Gasteiger partial charge is 0.416 e. The smallest absolute Gasteiger partial charge is 0.263 e. The van der Waals surface area contributed by atoms with Crippen molar-refractivity contribution in [1.29, 1.82) is 5.26 Å². The van der Waals surface area contributed by atoms with Gasteiger partial charge in [0.2, 0.25) is 0 Å². The molecule has 150 valence electrons. The monoisotopic (exact) mass is 420 g/mol. The SMILES string of the molecule is Cc1cc(NS(=O)(=O)c2cccc(CC#N)c2)n(-c2cccc(C(F)(F)F)c2)n1. The van der Waals surface area contributed by atoms with Crippen LogP contribution in [-0.2, 0) is 22.6 Å². The van der Waals surface area contributed by atoms with E-state index in [2.05, 4.69) is 9.82 Å². The third-order valence-corrected chi connectivity index (χ3v) is 5.33. The summed E-state index contributed by atoms with van der Waals surface area (Å²) in [5.41, 5.74) is 0.126. The average molecular weight is 420 g/mol. The standard InChI is InChI=1S/C19H15F3N4O2S/c1-13-10-18(25-29(27,28)17-7-2-4-14(11-17)8-9-23)26(24-13)16-6-3-5-15(12-16)19(20,21)22/h2-7,10-12,25H,8H2,1H3. The van der Waals surface area contributed by atoms with E-state index in [1.54, 1.807) is 13.0 Å². The maximum Gasteiger partial charge on any atom is 0.416 e. The molecule has 1 N–H and O–H groups in total. The normalized spacial score (nSPS) is 11.8. The lowest BCUT2D eigenvalue weighted by Crippen LogP contribution is -2.16. The van der Waals surface area contributed by atoms with E-state index in [9.17, 15) is 21.6 Å². The number of rotatable bonds is 5. The van der Waals surface area contributed by atoms with Crippen molar-refractivity contribution in [3.05, 3.63) is 71.4 Å². The Morgan fingerprint density at radius 3 is 2.55 bits per heavy atom. The third kappa shape index (κ3) is 4.57. The maximum atomic E-state index is 13.0. The average Bonchev–Trinajstić information content (AvgIpc) is 3.01. The zero-order valence-electron chi connectivity index (χ0n) is 15.1. The number of hydrogen-bond donors (Lipinski definition) is 1. The van der Waals surface area contributed by atoms with Crippen molar-refractivity contribution in [2.45, 2.75) is 24.4 Å². The summed E-state index contributed by atoms with van der Waals surface area (Å²) in [5, 5.41) is 12.9. The van der Waals surface area contributed by atoms with Crippen molar-refractivity contribution >= 4 is 15.8 Å². The fraction of sp³-hybridized carbons (Fsp3) is 0.158. The molecule has 0 fully saturated rings. The molecule has 6 nitrogen and oxygen atoms in total. The molecule has 3 aromatic rings. The Kier molecular flexibility index (Phi) is 5.35. The molecule has 0 atom stereocenters. The highest BCUT2D eigenvalue weighted by molar-refractivity contribution is 7.92. The number of anilines is 1. The number of hydrogen-bond acceptors (Lipinski definition) is 4. The van der Waals surface area contributed by atoms with Crippen LogP contribution in [0.4, 0.5) is 19.0 Å². The number of sulfonamides is 1. The van der Waals surface area contributed by atoms with Gasteiger partial charge in [-0.2, -0.15) is 23.5 Å². The van der Waals surface area contributed by atoms with Crippen LogP contribution in [0.25, 0.3) is 5.69 Å². The Bertz CT molecular complexity index is 1190. The quantitative estimate of drug-likeness (QED) is 0.674. The third-order valence-electron chi connectivity index (χ3n) is 3.98. The van der Waals surface area contributed by atoms with Crippen LogP contribution in [0, 0.1) is 18.3 Å². The molecule has 0 saturated carbocycles. The Hall–Kier alpha value is -3.32. The van der Waals surface area contributed by atoms with Crippen LogP contribution < -0.4 is 4.72 Å². The summed E-state index contributed by atoms with van der Waals surface area (Å²) in [7, 11) is -4.05. The predicted octanol–water partition coefficient (Wildman–Crippen LogP) is 4.07. The molecule has 0 saturated heterocycles. The molecule has 0 bridgehead atoms. The number of aryl methyl sites for hydroxylation is 1. The predicted molar refractivity (Wildman–Crippen MR) is 99.9 cm³/mol. The first-order valence-corrected chi connectivity index (χ1v) is 9.81. The number of alkyl halides is 3. The van der Waals surface area contributed by atoms with Gasteiger partial charge in [0.15, 0.2) is 0 Å². The Balaban J connectivity index is 2.00. The second-order valence-corrected chi connectivity index (χ2v) is 7.90. The first kappa shape index (κ1) is 20.4. The van der Waals surface area contributed by atoms with Gasteiger partial charge in [-0.1, -0.05) is 18.2 Å². The molecule has 0 radical (unpaired) electrons. The van der Waals surface area contributed by atoms with E-state index in [1.807, 2.05) is 6.07 Å². The van der Waals surface area contributed by atoms with Gasteiger partial charge in [0.25, 0.3) is 10.0 Å². The molecule has 0 aliphatic heterocycles. The van der Waals surface area contributed by atoms with Crippen molar-refractivity contribution in [1.82, 2.24) is 9.78 Å². The lowest BCUT2D eigenvalue weighted by atomic mass is 10.2. The minimum atomic E-state index is -4.54. The van der Waals surface area contributed by atoms with E-state index < -0.39 is 21.8 Å². The number of benzene rings is 2. The molecule has 0 aliphatic carbocycles. The van der Waals surface area contributed by atoms with Gasteiger partial charge in [-0.15, -0.1) is 0 Å². The zero-order valence-corrected chi connectivity index (χ0v) is 15.9. The second-order valence-electron chi connectivity index (χ2n) is 6.22. The fourth-order valence-electron chi connectivity index (χ4n) is 2.69. The van der Waals surface area contributed by atoms with Crippen LogP contribution in [0.2, 0.25) is 0 Å². The van der Waals surface area contributed by atoms with Gasteiger partial charge in [0, 0.05) is 6.07 Å². The van der Waals surface area contributed by atoms with Gasteiger partial charge in [-0.05, 0) is 42.8 Å². The van der Waals surface area contributed by atoms with Crippen molar-refractivity contribution < 1.29 is 21.6 Å². The number of halogens is 3. The van der Waals surface area contributed by atoms with Crippen LogP contribution in [0.5, 0.6) is 0 Å². The zero-order chi connectivity index (χ0) is 21.2. The van der Waals surface area contributed by atoms with Gasteiger partial charge in [0.1, 0.15) is 5.82 Å². The van der Waals surface area contributed by atoms with Gasteiger partial charge >= 0.3 is 6.18 Å². The molecular formula is C19H15F3N4O2S. The Morgan fingerprint density at radius 1 is 1.14 bits per heavy atom. The minimum Gasteiger partial charge on any atom is -0.263 e. The van der Waals surface area contributed by atoms with Crippen LogP contribution >= 0.6 is 0 Å². The van der Waals surface area contributed by atoms with E-state index in [0.29, 0.717) is 11.3 Å². The highest BCUT2D eigenvalue weighted by Gasteiger charge is 2.31. The van der Waals surface area contributed by atoms with E-state index in [0.717, 1.165) is 16.8 Å². The maximum absolute atomic E-state index is 13.0. The summed E-state index contributed by atoms with van der Waals surface area (Å²) in [4.78, 5) is -0.0697. The molecule has 1 heterocycles. The summed E-state index contributed by atoms with van der Waals surface area (Å²) in [6.07, 6.45) is -4.50. The van der Waals surface area contributed by atoms with Crippen LogP contribution in [0.1, 0.15) is 16.8 Å². The number of nitrogens with zero attached hydrogens (tertiary/aromatic N) is 3. The van der Waals surface area contributed by atoms with Gasteiger partial charge < -0.3 is 0 Å². The number of nitrogens with one attached hydrogen (secondary N) is 1. The fourth-order valence-corrected chi connectivity index (χ4v) is 3.80. The summed E-state index contributed by atoms with van der Waals surface area (Å²) in [5.74, 6) is -0.00693. The molecule has 1 aromatic heterocycles. The summed E-state index contributed by atoms with van der Waals surface area (Å²) in [6.45, 7) is 1.59. The van der Waals surface area contributed by atoms with E-state index >= 15 is 0 Å². The van der Waals surface area contributed by atoms with E-state index in [1.165, 1.54) is 36.4 Å². The highest BCUT2D eigenvalue weighted by atomic mass is 32.2. The van der Waals surface area contributed by atoms with E-state index in [-0.39, 0.29) is 22.8 Å². The molecule has 3 rings (SSSR count). The second kappa shape index (κ2) is 7.60. The lowest BCUT2D eigenvalue weighted by Gasteiger charge is -2.13. The van der Waals surface area contributed by atoms with Crippen LogP contribution in [-0.4, -0.2) is 18.2 Å². The summed E-state index contributed by atoms with van der Waals surface area (Å²) in [6, 6.07) is 13.6. The summed E-state index contributed by atoms with van der Waals surface area (Å²) >= 11 is 0. The lowest BCUT2D eigenvalue weighted by molar-refractivity contribution is -0.137. The van der Waals surface area contributed by atoms with Crippen molar-refractivity contribution in [2.24, 2.45) is 0 Å². The first-order valence-electron chi connectivity index (χ1n) is 8.33. The van der Waals surface area contributed by atoms with Crippen molar-refractivity contribution in [2.75, 3.05) is 4.72 Å². The molecule has 10 heteroatoms. The molecule has 0 spiro atoms. The Morgan fingerprint density at radius 2 is 1.86 bits per heavy atom. The van der Waals surface area contributed by atoms with Crippen LogP contribution in [0.15, 0.2) is 59.5 Å². The Labute approximate surface area is 165 Å². The van der Waals surface area contributed by atoms with Crippen molar-refractivity contribution in [3.63, 3.8) is 0 Å². The van der Waals surface area contributed by atoms with Crippen LogP contribution in [0.3, 0.4) is 0 Å². The van der Waals surface area contributed by atoms with E-state index in [4.69, 9.17) is 5.26 Å². The highest BCUT2D eigenvalue weighted by Crippen LogP contribution is 2.31. The van der Waals surface area contributed by atoms with Gasteiger partial charge in [-0.3, -0.25) is 4.72 Å². The molecule has 29 heavy (non-hydrogen) atoms. The van der Waals surface area contributed by atoms with Gasteiger partial charge in [-0.25, -0.2) is 13.1 Å². The molecule has 0 unspecified atom stereocenters. The number of aromatic nitrogens is 2. The number of nitriles is 1. The van der Waals surface area contributed by atoms with Crippen molar-refractivity contribution in [3.8, 4) is 11.8 Å². The molecule has 2 aromatic carbocycles. The first-order chi connectivity index (χ1) is 13.6. The summed E-state index contributed by atoms with van der Waals surface area (Å²) < 4.78 is 68.0.